The molecule has 2 rings (SSSR count). The van der Waals surface area contributed by atoms with Crippen LogP contribution in [0.15, 0.2) is 0 Å². The Bertz CT molecular complexity index is 215. The summed E-state index contributed by atoms with van der Waals surface area (Å²) < 4.78 is 0. The van der Waals surface area contributed by atoms with E-state index in [9.17, 15) is 0 Å². The second-order valence-corrected chi connectivity index (χ2v) is 5.40. The first-order valence-electron chi connectivity index (χ1n) is 6.26. The summed E-state index contributed by atoms with van der Waals surface area (Å²) in [6.45, 7) is 4.16. The quantitative estimate of drug-likeness (QED) is 0.752. The van der Waals surface area contributed by atoms with Gasteiger partial charge in [-0.1, -0.05) is 6.92 Å². The molecule has 2 N–H and O–H groups in total. The molecule has 0 spiro atoms. The first-order valence-corrected chi connectivity index (χ1v) is 6.26. The molecule has 0 radical (unpaired) electrons. The molecule has 2 atom stereocenters. The van der Waals surface area contributed by atoms with E-state index in [1.165, 1.54) is 25.7 Å². The molecule has 2 unspecified atom stereocenters. The van der Waals surface area contributed by atoms with Crippen molar-refractivity contribution >= 4 is 0 Å². The fourth-order valence-corrected chi connectivity index (χ4v) is 3.51. The van der Waals surface area contributed by atoms with Gasteiger partial charge in [-0.15, -0.1) is 0 Å². The van der Waals surface area contributed by atoms with Gasteiger partial charge in [0.1, 0.15) is 0 Å². The minimum Gasteiger partial charge on any atom is -0.329 e. The van der Waals surface area contributed by atoms with Crippen LogP contribution in [0.5, 0.6) is 0 Å². The minimum absolute atomic E-state index is 0.285. The monoisotopic (exact) mass is 211 g/mol. The van der Waals surface area contributed by atoms with E-state index in [1.54, 1.807) is 0 Å². The summed E-state index contributed by atoms with van der Waals surface area (Å²) in [7, 11) is 4.52. The number of nitrogens with zero attached hydrogens (tertiary/aromatic N) is 2. The predicted octanol–water partition coefficient (Wildman–Crippen LogP) is 0.892. The molecule has 0 aromatic heterocycles. The molecule has 2 aliphatic heterocycles. The number of nitrogens with two attached hydrogens (primary N) is 1. The van der Waals surface area contributed by atoms with Crippen LogP contribution >= 0.6 is 0 Å². The number of fused-ring (bicyclic) bond motifs is 2. The van der Waals surface area contributed by atoms with Crippen molar-refractivity contribution in [2.45, 2.75) is 50.2 Å². The van der Waals surface area contributed by atoms with Crippen molar-refractivity contribution in [3.63, 3.8) is 0 Å². The second-order valence-electron chi connectivity index (χ2n) is 5.40. The van der Waals surface area contributed by atoms with Gasteiger partial charge in [0.05, 0.1) is 0 Å². The first kappa shape index (κ1) is 11.4. The van der Waals surface area contributed by atoms with Crippen molar-refractivity contribution < 1.29 is 0 Å². The summed E-state index contributed by atoms with van der Waals surface area (Å²) in [4.78, 5) is 5.06. The standard InChI is InChI=1S/C12H25N3/c1-4-14(2)12(9-13)7-10-5-6-11(8-12)15(10)3/h10-11H,4-9,13H2,1-3H3. The third-order valence-electron chi connectivity index (χ3n) is 4.88. The lowest BCUT2D eigenvalue weighted by atomic mass is 9.81. The van der Waals surface area contributed by atoms with Gasteiger partial charge in [0, 0.05) is 24.2 Å². The Labute approximate surface area is 93.6 Å². The summed E-state index contributed by atoms with van der Waals surface area (Å²) in [5.41, 5.74) is 6.34. The van der Waals surface area contributed by atoms with Crippen LogP contribution in [0.1, 0.15) is 32.6 Å². The first-order chi connectivity index (χ1) is 7.13. The van der Waals surface area contributed by atoms with Crippen molar-refractivity contribution in [1.82, 2.24) is 9.80 Å². The van der Waals surface area contributed by atoms with E-state index in [0.717, 1.165) is 25.2 Å². The molecular formula is C12H25N3. The van der Waals surface area contributed by atoms with Gasteiger partial charge in [0.2, 0.25) is 0 Å². The van der Waals surface area contributed by atoms with Crippen LogP contribution in [0.4, 0.5) is 0 Å². The van der Waals surface area contributed by atoms with Crippen molar-refractivity contribution in [2.75, 3.05) is 27.2 Å². The van der Waals surface area contributed by atoms with E-state index in [1.807, 2.05) is 0 Å². The highest BCUT2D eigenvalue weighted by Gasteiger charge is 2.47. The van der Waals surface area contributed by atoms with Crippen LogP contribution in [0.2, 0.25) is 0 Å². The molecule has 0 saturated carbocycles. The molecule has 88 valence electrons. The van der Waals surface area contributed by atoms with Crippen molar-refractivity contribution in [2.24, 2.45) is 5.73 Å². The lowest BCUT2D eigenvalue weighted by molar-refractivity contribution is 0.0192. The van der Waals surface area contributed by atoms with Crippen LogP contribution in [0.25, 0.3) is 0 Å². The molecular weight excluding hydrogens is 186 g/mol. The Balaban J connectivity index is 2.16. The highest BCUT2D eigenvalue weighted by Crippen LogP contribution is 2.41. The maximum absolute atomic E-state index is 6.05. The van der Waals surface area contributed by atoms with E-state index < -0.39 is 0 Å². The van der Waals surface area contributed by atoms with Gasteiger partial charge in [-0.25, -0.2) is 0 Å². The number of rotatable bonds is 3. The van der Waals surface area contributed by atoms with Crippen LogP contribution in [-0.2, 0) is 0 Å². The Kier molecular flexibility index (Phi) is 3.06. The lowest BCUT2D eigenvalue weighted by Gasteiger charge is -2.49. The summed E-state index contributed by atoms with van der Waals surface area (Å²) in [6.07, 6.45) is 5.28. The Hall–Kier alpha value is -0.120. The van der Waals surface area contributed by atoms with Crippen molar-refractivity contribution in [1.29, 1.82) is 0 Å². The predicted molar refractivity (Wildman–Crippen MR) is 63.9 cm³/mol. The summed E-state index contributed by atoms with van der Waals surface area (Å²) in [5, 5.41) is 0. The van der Waals surface area contributed by atoms with Crippen LogP contribution in [-0.4, -0.2) is 54.6 Å². The van der Waals surface area contributed by atoms with Crippen molar-refractivity contribution in [3.8, 4) is 0 Å². The Morgan fingerprint density at radius 1 is 1.33 bits per heavy atom. The normalized spacial score (nSPS) is 41.4. The second kappa shape index (κ2) is 4.04. The molecule has 3 nitrogen and oxygen atoms in total. The smallest absolute Gasteiger partial charge is 0.0358 e. The van der Waals surface area contributed by atoms with Crippen molar-refractivity contribution in [3.05, 3.63) is 0 Å². The maximum atomic E-state index is 6.05. The topological polar surface area (TPSA) is 32.5 Å². The van der Waals surface area contributed by atoms with E-state index >= 15 is 0 Å². The number of hydrogen-bond acceptors (Lipinski definition) is 3. The maximum Gasteiger partial charge on any atom is 0.0358 e. The number of likely N-dealkylation sites (N-methyl/N-ethyl adjacent to an activating group) is 1. The van der Waals surface area contributed by atoms with Gasteiger partial charge in [0.15, 0.2) is 0 Å². The average molecular weight is 211 g/mol. The zero-order valence-electron chi connectivity index (χ0n) is 10.4. The highest BCUT2D eigenvalue weighted by molar-refractivity contribution is 5.05. The summed E-state index contributed by atoms with van der Waals surface area (Å²) >= 11 is 0. The third-order valence-corrected chi connectivity index (χ3v) is 4.88. The third kappa shape index (κ3) is 1.71. The molecule has 15 heavy (non-hydrogen) atoms. The molecule has 2 saturated heterocycles. The molecule has 3 heteroatoms. The highest BCUT2D eigenvalue weighted by atomic mass is 15.3. The largest absolute Gasteiger partial charge is 0.329 e. The van der Waals surface area contributed by atoms with Gasteiger partial charge in [-0.2, -0.15) is 0 Å². The molecule has 2 heterocycles. The molecule has 2 fully saturated rings. The average Bonchev–Trinajstić information content (AvgIpc) is 2.52. The van der Waals surface area contributed by atoms with E-state index in [2.05, 4.69) is 30.8 Å². The molecule has 0 aromatic carbocycles. The Morgan fingerprint density at radius 3 is 2.27 bits per heavy atom. The van der Waals surface area contributed by atoms with Gasteiger partial charge in [-0.05, 0) is 46.3 Å². The SMILES string of the molecule is CCN(C)C1(CN)CC2CCC(C1)N2C. The van der Waals surface area contributed by atoms with E-state index in [4.69, 9.17) is 5.73 Å². The minimum atomic E-state index is 0.285. The zero-order chi connectivity index (χ0) is 11.1. The summed E-state index contributed by atoms with van der Waals surface area (Å²) in [6, 6.07) is 1.56. The molecule has 0 aromatic rings. The Morgan fingerprint density at radius 2 is 1.87 bits per heavy atom. The zero-order valence-corrected chi connectivity index (χ0v) is 10.4. The molecule has 2 bridgehead atoms. The van der Waals surface area contributed by atoms with Gasteiger partial charge in [-0.3, -0.25) is 4.90 Å². The fourth-order valence-electron chi connectivity index (χ4n) is 3.51. The molecule has 0 amide bonds. The van der Waals surface area contributed by atoms with Crippen LogP contribution in [0, 0.1) is 0 Å². The number of hydrogen-bond donors (Lipinski definition) is 1. The number of piperidine rings is 1. The van der Waals surface area contributed by atoms with Crippen LogP contribution < -0.4 is 5.73 Å². The van der Waals surface area contributed by atoms with E-state index in [0.29, 0.717) is 0 Å². The molecule has 2 aliphatic rings. The summed E-state index contributed by atoms with van der Waals surface area (Å²) in [5.74, 6) is 0. The van der Waals surface area contributed by atoms with Gasteiger partial charge < -0.3 is 10.6 Å². The molecule has 0 aliphatic carbocycles. The van der Waals surface area contributed by atoms with Gasteiger partial charge >= 0.3 is 0 Å². The van der Waals surface area contributed by atoms with Crippen LogP contribution in [0.3, 0.4) is 0 Å². The fraction of sp³-hybridized carbons (Fsp3) is 1.00. The lowest BCUT2D eigenvalue weighted by Crippen LogP contribution is -2.60. The van der Waals surface area contributed by atoms with Gasteiger partial charge in [0.25, 0.3) is 0 Å². The van der Waals surface area contributed by atoms with E-state index in [-0.39, 0.29) is 5.54 Å².